The van der Waals surface area contributed by atoms with Gasteiger partial charge < -0.3 is 9.80 Å². The lowest BCUT2D eigenvalue weighted by Gasteiger charge is -2.23. The molecule has 1 aliphatic heterocycles. The van der Waals surface area contributed by atoms with Crippen LogP contribution < -0.4 is 9.80 Å². The van der Waals surface area contributed by atoms with E-state index in [0.717, 1.165) is 42.7 Å². The van der Waals surface area contributed by atoms with Crippen molar-refractivity contribution in [3.63, 3.8) is 0 Å². The number of rotatable bonds is 7. The number of likely N-dealkylation sites (N-methyl/N-ethyl adjacent to an activating group) is 2. The van der Waals surface area contributed by atoms with Gasteiger partial charge >= 0.3 is 0 Å². The van der Waals surface area contributed by atoms with Gasteiger partial charge in [-0.3, -0.25) is 14.5 Å². The Bertz CT molecular complexity index is 866. The summed E-state index contributed by atoms with van der Waals surface area (Å²) in [4.78, 5) is 31.0. The van der Waals surface area contributed by atoms with Gasteiger partial charge in [-0.25, -0.2) is 4.09 Å². The third-order valence-corrected chi connectivity index (χ3v) is 5.43. The summed E-state index contributed by atoms with van der Waals surface area (Å²) in [6, 6.07) is 7.52. The molecule has 2 heterocycles. The number of carbonyl (C=O) groups is 2. The highest BCUT2D eigenvalue weighted by atomic mass is 32.1. The van der Waals surface area contributed by atoms with Gasteiger partial charge in [-0.1, -0.05) is 19.4 Å². The summed E-state index contributed by atoms with van der Waals surface area (Å²) in [5.41, 5.74) is 3.15. The molecule has 7 nitrogen and oxygen atoms in total. The number of aromatic nitrogens is 2. The molecule has 0 radical (unpaired) electrons. The minimum Gasteiger partial charge on any atom is -0.314 e. The van der Waals surface area contributed by atoms with Crippen molar-refractivity contribution in [2.24, 2.45) is 0 Å². The molecule has 0 atom stereocenters. The van der Waals surface area contributed by atoms with E-state index in [1.165, 1.54) is 4.09 Å². The largest absolute Gasteiger partial charge is 0.314 e. The van der Waals surface area contributed by atoms with Gasteiger partial charge in [0, 0.05) is 25.0 Å². The normalized spacial score (nSPS) is 13.1. The third-order valence-electron chi connectivity index (χ3n) is 5.11. The molecule has 0 unspecified atom stereocenters. The average Bonchev–Trinajstić information content (AvgIpc) is 3.30. The average molecular weight is 402 g/mol. The molecule has 0 bridgehead atoms. The van der Waals surface area contributed by atoms with Crippen LogP contribution in [0.5, 0.6) is 0 Å². The summed E-state index contributed by atoms with van der Waals surface area (Å²) >= 11 is 4.19. The number of anilines is 2. The molecule has 0 fully saturated rings. The van der Waals surface area contributed by atoms with Crippen molar-refractivity contribution in [2.75, 3.05) is 43.5 Å². The van der Waals surface area contributed by atoms with Crippen LogP contribution in [0, 0.1) is 0 Å². The van der Waals surface area contributed by atoms with Gasteiger partial charge in [0.1, 0.15) is 5.69 Å². The van der Waals surface area contributed by atoms with Crippen molar-refractivity contribution >= 4 is 36.0 Å². The number of hydrogen-bond donors (Lipinski definition) is 1. The summed E-state index contributed by atoms with van der Waals surface area (Å²) in [5.74, 6) is -0.112. The molecule has 150 valence electrons. The lowest BCUT2D eigenvalue weighted by Crippen LogP contribution is -2.37. The van der Waals surface area contributed by atoms with E-state index in [0.29, 0.717) is 18.8 Å². The standard InChI is InChI=1S/C20H27N5O2S/c1-4-5-11-22(2)14-19(26)23(3)16-7-6-15-9-12-24(18(15)13-16)20(27)17-8-10-21-25(17)28/h6-8,10,13,28H,4-5,9,11-12,14H2,1-3H3. The Hall–Kier alpha value is -2.32. The van der Waals surface area contributed by atoms with Gasteiger partial charge in [-0.2, -0.15) is 5.10 Å². The third kappa shape index (κ3) is 4.23. The van der Waals surface area contributed by atoms with Crippen LogP contribution in [-0.2, 0) is 11.2 Å². The van der Waals surface area contributed by atoms with E-state index in [4.69, 9.17) is 0 Å². The Morgan fingerprint density at radius 1 is 1.25 bits per heavy atom. The van der Waals surface area contributed by atoms with E-state index in [2.05, 4.69) is 24.8 Å². The highest BCUT2D eigenvalue weighted by molar-refractivity contribution is 7.78. The highest BCUT2D eigenvalue weighted by Crippen LogP contribution is 2.33. The van der Waals surface area contributed by atoms with Crippen molar-refractivity contribution < 1.29 is 9.59 Å². The van der Waals surface area contributed by atoms with Crippen LogP contribution in [0.25, 0.3) is 0 Å². The molecule has 0 N–H and O–H groups in total. The number of hydrogen-bond acceptors (Lipinski definition) is 5. The Kier molecular flexibility index (Phi) is 6.41. The van der Waals surface area contributed by atoms with Crippen LogP contribution in [0.3, 0.4) is 0 Å². The van der Waals surface area contributed by atoms with Gasteiger partial charge in [-0.05, 0) is 63.0 Å². The second kappa shape index (κ2) is 8.79. The number of thiol groups is 1. The first-order chi connectivity index (χ1) is 13.4. The first-order valence-corrected chi connectivity index (χ1v) is 9.95. The van der Waals surface area contributed by atoms with Crippen molar-refractivity contribution in [2.45, 2.75) is 26.2 Å². The molecule has 2 amide bonds. The molecule has 0 spiro atoms. The molecule has 0 saturated carbocycles. The van der Waals surface area contributed by atoms with Crippen molar-refractivity contribution in [3.8, 4) is 0 Å². The summed E-state index contributed by atoms with van der Waals surface area (Å²) in [6.07, 6.45) is 4.52. The maximum atomic E-state index is 12.9. The Morgan fingerprint density at radius 2 is 2.04 bits per heavy atom. The van der Waals surface area contributed by atoms with Gasteiger partial charge in [0.15, 0.2) is 0 Å². The molecule has 8 heteroatoms. The minimum absolute atomic E-state index is 0.0304. The predicted octanol–water partition coefficient (Wildman–Crippen LogP) is 2.47. The monoisotopic (exact) mass is 401 g/mol. The van der Waals surface area contributed by atoms with E-state index in [1.54, 1.807) is 29.1 Å². The zero-order valence-corrected chi connectivity index (χ0v) is 17.5. The second-order valence-electron chi connectivity index (χ2n) is 7.17. The van der Waals surface area contributed by atoms with Crippen molar-refractivity contribution in [1.82, 2.24) is 14.1 Å². The first kappa shape index (κ1) is 20.4. The van der Waals surface area contributed by atoms with Gasteiger partial charge in [0.2, 0.25) is 5.91 Å². The smallest absolute Gasteiger partial charge is 0.277 e. The molecule has 1 aromatic carbocycles. The quantitative estimate of drug-likeness (QED) is 0.724. The van der Waals surface area contributed by atoms with E-state index in [1.807, 2.05) is 30.1 Å². The Balaban J connectivity index is 1.76. The fourth-order valence-corrected chi connectivity index (χ4v) is 3.58. The number of benzene rings is 1. The molecule has 0 saturated heterocycles. The zero-order chi connectivity index (χ0) is 20.3. The second-order valence-corrected chi connectivity index (χ2v) is 7.55. The SMILES string of the molecule is CCCCN(C)CC(=O)N(C)c1ccc2c(c1)N(C(=O)c1ccnn1S)CC2. The van der Waals surface area contributed by atoms with Crippen LogP contribution in [0.15, 0.2) is 30.5 Å². The molecule has 1 aromatic heterocycles. The fourth-order valence-electron chi connectivity index (χ4n) is 3.37. The molecular weight excluding hydrogens is 374 g/mol. The molecule has 1 aliphatic rings. The van der Waals surface area contributed by atoms with Crippen LogP contribution in [0.2, 0.25) is 0 Å². The number of fused-ring (bicyclic) bond motifs is 1. The van der Waals surface area contributed by atoms with E-state index in [9.17, 15) is 9.59 Å². The first-order valence-electron chi connectivity index (χ1n) is 9.55. The highest BCUT2D eigenvalue weighted by Gasteiger charge is 2.28. The number of unbranched alkanes of at least 4 members (excludes halogenated alkanes) is 1. The van der Waals surface area contributed by atoms with E-state index < -0.39 is 0 Å². The summed E-state index contributed by atoms with van der Waals surface area (Å²) < 4.78 is 1.28. The maximum Gasteiger partial charge on any atom is 0.277 e. The summed E-state index contributed by atoms with van der Waals surface area (Å²) in [5, 5.41) is 3.96. The predicted molar refractivity (Wildman–Crippen MR) is 114 cm³/mol. The Labute approximate surface area is 171 Å². The zero-order valence-electron chi connectivity index (χ0n) is 16.6. The number of nitrogens with zero attached hydrogens (tertiary/aromatic N) is 5. The minimum atomic E-state index is -0.142. The van der Waals surface area contributed by atoms with E-state index >= 15 is 0 Å². The lowest BCUT2D eigenvalue weighted by atomic mass is 10.1. The molecule has 3 rings (SSSR count). The molecular formula is C20H27N5O2S. The van der Waals surface area contributed by atoms with E-state index in [-0.39, 0.29) is 11.8 Å². The lowest BCUT2D eigenvalue weighted by molar-refractivity contribution is -0.119. The topological polar surface area (TPSA) is 61.7 Å². The molecule has 0 aliphatic carbocycles. The molecule has 2 aromatic rings. The van der Waals surface area contributed by atoms with Crippen LogP contribution in [0.1, 0.15) is 35.8 Å². The van der Waals surface area contributed by atoms with Gasteiger partial charge in [-0.15, -0.1) is 0 Å². The number of amides is 2. The van der Waals surface area contributed by atoms with Crippen molar-refractivity contribution in [3.05, 3.63) is 41.7 Å². The van der Waals surface area contributed by atoms with Crippen LogP contribution in [0.4, 0.5) is 11.4 Å². The summed E-state index contributed by atoms with van der Waals surface area (Å²) in [6.45, 7) is 4.02. The van der Waals surface area contributed by atoms with Crippen LogP contribution >= 0.6 is 12.8 Å². The number of carbonyl (C=O) groups excluding carboxylic acids is 2. The maximum absolute atomic E-state index is 12.9. The molecule has 28 heavy (non-hydrogen) atoms. The fraction of sp³-hybridized carbons (Fsp3) is 0.450. The van der Waals surface area contributed by atoms with Gasteiger partial charge in [0.05, 0.1) is 12.7 Å². The van der Waals surface area contributed by atoms with Crippen LogP contribution in [-0.4, -0.2) is 59.6 Å². The summed E-state index contributed by atoms with van der Waals surface area (Å²) in [7, 11) is 3.74. The Morgan fingerprint density at radius 3 is 2.71 bits per heavy atom. The van der Waals surface area contributed by atoms with Gasteiger partial charge in [0.25, 0.3) is 5.91 Å². The van der Waals surface area contributed by atoms with Crippen molar-refractivity contribution in [1.29, 1.82) is 0 Å².